The van der Waals surface area contributed by atoms with E-state index in [0.29, 0.717) is 13.1 Å². The van der Waals surface area contributed by atoms with Gasteiger partial charge >= 0.3 is 0 Å². The van der Waals surface area contributed by atoms with Crippen LogP contribution in [0.25, 0.3) is 0 Å². The van der Waals surface area contributed by atoms with Crippen molar-refractivity contribution in [3.8, 4) is 0 Å². The van der Waals surface area contributed by atoms with E-state index in [9.17, 15) is 9.59 Å². The Kier molecular flexibility index (Phi) is 5.53. The van der Waals surface area contributed by atoms with E-state index >= 15 is 0 Å². The third-order valence-electron chi connectivity index (χ3n) is 4.54. The lowest BCUT2D eigenvalue weighted by Crippen LogP contribution is -2.30. The SMILES string of the molecule is Cc1cc(Br)ccc1NC(=O)[C@@H]1CC(=O)N(CCc2ccccc2)C1. The summed E-state index contributed by atoms with van der Waals surface area (Å²) in [5, 5.41) is 2.96. The third kappa shape index (κ3) is 4.48. The van der Waals surface area contributed by atoms with Crippen molar-refractivity contribution in [3.63, 3.8) is 0 Å². The highest BCUT2D eigenvalue weighted by atomic mass is 79.9. The number of hydrogen-bond acceptors (Lipinski definition) is 2. The van der Waals surface area contributed by atoms with Crippen LogP contribution in [0.1, 0.15) is 17.5 Å². The smallest absolute Gasteiger partial charge is 0.229 e. The maximum Gasteiger partial charge on any atom is 0.229 e. The molecule has 1 saturated heterocycles. The zero-order valence-electron chi connectivity index (χ0n) is 14.2. The molecule has 1 heterocycles. The number of nitrogens with one attached hydrogen (secondary N) is 1. The van der Waals surface area contributed by atoms with Crippen LogP contribution in [0, 0.1) is 12.8 Å². The predicted octanol–water partition coefficient (Wildman–Crippen LogP) is 3.79. The van der Waals surface area contributed by atoms with Gasteiger partial charge in [-0.3, -0.25) is 9.59 Å². The first kappa shape index (κ1) is 17.7. The van der Waals surface area contributed by atoms with Gasteiger partial charge in [-0.2, -0.15) is 0 Å². The van der Waals surface area contributed by atoms with Crippen LogP contribution in [0.15, 0.2) is 53.0 Å². The van der Waals surface area contributed by atoms with Gasteiger partial charge in [0.05, 0.1) is 5.92 Å². The van der Waals surface area contributed by atoms with E-state index in [2.05, 4.69) is 33.4 Å². The van der Waals surface area contributed by atoms with Gasteiger partial charge in [0.15, 0.2) is 0 Å². The van der Waals surface area contributed by atoms with Gasteiger partial charge in [0.2, 0.25) is 11.8 Å². The second kappa shape index (κ2) is 7.83. The van der Waals surface area contributed by atoms with Crippen molar-refractivity contribution in [2.24, 2.45) is 5.92 Å². The van der Waals surface area contributed by atoms with Gasteiger partial charge in [0, 0.05) is 29.7 Å². The fourth-order valence-corrected chi connectivity index (χ4v) is 3.55. The molecule has 1 atom stereocenters. The van der Waals surface area contributed by atoms with Crippen LogP contribution < -0.4 is 5.32 Å². The Morgan fingerprint density at radius 1 is 1.24 bits per heavy atom. The molecular weight excluding hydrogens is 380 g/mol. The first-order valence-electron chi connectivity index (χ1n) is 8.41. The predicted molar refractivity (Wildman–Crippen MR) is 102 cm³/mol. The highest BCUT2D eigenvalue weighted by Gasteiger charge is 2.34. The average molecular weight is 401 g/mol. The zero-order valence-corrected chi connectivity index (χ0v) is 15.8. The van der Waals surface area contributed by atoms with Crippen molar-refractivity contribution >= 4 is 33.4 Å². The fraction of sp³-hybridized carbons (Fsp3) is 0.300. The van der Waals surface area contributed by atoms with Gasteiger partial charge in [-0.25, -0.2) is 0 Å². The van der Waals surface area contributed by atoms with E-state index in [1.54, 1.807) is 4.90 Å². The van der Waals surface area contributed by atoms with Crippen LogP contribution in [-0.4, -0.2) is 29.8 Å². The number of likely N-dealkylation sites (tertiary alicyclic amines) is 1. The van der Waals surface area contributed by atoms with E-state index < -0.39 is 0 Å². The molecule has 2 aromatic rings. The maximum atomic E-state index is 12.5. The molecule has 0 saturated carbocycles. The van der Waals surface area contributed by atoms with E-state index in [4.69, 9.17) is 0 Å². The molecule has 0 spiro atoms. The molecule has 0 unspecified atom stereocenters. The number of nitrogens with zero attached hydrogens (tertiary/aromatic N) is 1. The molecule has 0 aromatic heterocycles. The monoisotopic (exact) mass is 400 g/mol. The van der Waals surface area contributed by atoms with Crippen molar-refractivity contribution in [2.45, 2.75) is 19.8 Å². The van der Waals surface area contributed by atoms with Crippen molar-refractivity contribution < 1.29 is 9.59 Å². The summed E-state index contributed by atoms with van der Waals surface area (Å²) in [6.45, 7) is 3.10. The molecule has 4 nitrogen and oxygen atoms in total. The molecule has 25 heavy (non-hydrogen) atoms. The minimum Gasteiger partial charge on any atom is -0.342 e. The number of amides is 2. The van der Waals surface area contributed by atoms with E-state index in [-0.39, 0.29) is 24.2 Å². The highest BCUT2D eigenvalue weighted by molar-refractivity contribution is 9.10. The second-order valence-corrected chi connectivity index (χ2v) is 7.34. The standard InChI is InChI=1S/C20H21BrN2O2/c1-14-11-17(21)7-8-18(14)22-20(25)16-12-19(24)23(13-16)10-9-15-5-3-2-4-6-15/h2-8,11,16H,9-10,12-13H2,1H3,(H,22,25)/t16-/m1/s1. The molecule has 1 aliphatic rings. The van der Waals surface area contributed by atoms with E-state index in [1.165, 1.54) is 5.56 Å². The quantitative estimate of drug-likeness (QED) is 0.829. The van der Waals surface area contributed by atoms with Gasteiger partial charge in [-0.05, 0) is 42.7 Å². The van der Waals surface area contributed by atoms with Gasteiger partial charge in [0.1, 0.15) is 0 Å². The Hall–Kier alpha value is -2.14. The molecule has 1 N–H and O–H groups in total. The summed E-state index contributed by atoms with van der Waals surface area (Å²) in [4.78, 5) is 26.5. The fourth-order valence-electron chi connectivity index (χ4n) is 3.07. The topological polar surface area (TPSA) is 49.4 Å². The summed E-state index contributed by atoms with van der Waals surface area (Å²) < 4.78 is 0.978. The number of carbonyl (C=O) groups is 2. The summed E-state index contributed by atoms with van der Waals surface area (Å²) in [7, 11) is 0. The molecule has 2 amide bonds. The van der Waals surface area contributed by atoms with Gasteiger partial charge in [0.25, 0.3) is 0 Å². The lowest BCUT2D eigenvalue weighted by Gasteiger charge is -2.17. The molecule has 3 rings (SSSR count). The second-order valence-electron chi connectivity index (χ2n) is 6.42. The maximum absolute atomic E-state index is 12.5. The normalized spacial score (nSPS) is 17.0. The Morgan fingerprint density at radius 3 is 2.72 bits per heavy atom. The van der Waals surface area contributed by atoms with Crippen molar-refractivity contribution in [2.75, 3.05) is 18.4 Å². The number of halogens is 1. The number of carbonyl (C=O) groups excluding carboxylic acids is 2. The first-order valence-corrected chi connectivity index (χ1v) is 9.21. The van der Waals surface area contributed by atoms with Gasteiger partial charge in [-0.1, -0.05) is 46.3 Å². The van der Waals surface area contributed by atoms with Gasteiger partial charge in [-0.15, -0.1) is 0 Å². The van der Waals surface area contributed by atoms with Crippen LogP contribution in [0.2, 0.25) is 0 Å². The molecule has 2 aromatic carbocycles. The van der Waals surface area contributed by atoms with Crippen molar-refractivity contribution in [1.29, 1.82) is 0 Å². The van der Waals surface area contributed by atoms with E-state index in [1.807, 2.05) is 43.3 Å². The molecule has 0 aliphatic carbocycles. The minimum atomic E-state index is -0.286. The van der Waals surface area contributed by atoms with Crippen LogP contribution in [0.5, 0.6) is 0 Å². The summed E-state index contributed by atoms with van der Waals surface area (Å²) >= 11 is 3.42. The van der Waals surface area contributed by atoms with Crippen LogP contribution >= 0.6 is 15.9 Å². The number of hydrogen-bond donors (Lipinski definition) is 1. The molecule has 1 aliphatic heterocycles. The highest BCUT2D eigenvalue weighted by Crippen LogP contribution is 2.23. The number of benzene rings is 2. The molecule has 130 valence electrons. The largest absolute Gasteiger partial charge is 0.342 e. The number of anilines is 1. The Morgan fingerprint density at radius 2 is 2.00 bits per heavy atom. The molecule has 5 heteroatoms. The summed E-state index contributed by atoms with van der Waals surface area (Å²) in [6, 6.07) is 15.8. The van der Waals surface area contributed by atoms with Crippen LogP contribution in [-0.2, 0) is 16.0 Å². The van der Waals surface area contributed by atoms with Crippen LogP contribution in [0.4, 0.5) is 5.69 Å². The Bertz CT molecular complexity index is 777. The molecule has 1 fully saturated rings. The van der Waals surface area contributed by atoms with Crippen molar-refractivity contribution in [1.82, 2.24) is 4.90 Å². The summed E-state index contributed by atoms with van der Waals surface area (Å²) in [5.74, 6) is -0.309. The Labute approximate surface area is 156 Å². The van der Waals surface area contributed by atoms with E-state index in [0.717, 1.165) is 22.1 Å². The number of aryl methyl sites for hydroxylation is 1. The van der Waals surface area contributed by atoms with Crippen LogP contribution in [0.3, 0.4) is 0 Å². The molecule has 0 bridgehead atoms. The lowest BCUT2D eigenvalue weighted by atomic mass is 10.1. The zero-order chi connectivity index (χ0) is 17.8. The average Bonchev–Trinajstić information content (AvgIpc) is 2.97. The van der Waals surface area contributed by atoms with Gasteiger partial charge < -0.3 is 10.2 Å². The lowest BCUT2D eigenvalue weighted by molar-refractivity contribution is -0.128. The first-order chi connectivity index (χ1) is 12.0. The third-order valence-corrected chi connectivity index (χ3v) is 5.04. The molecular formula is C20H21BrN2O2. The Balaban J connectivity index is 1.57. The summed E-state index contributed by atoms with van der Waals surface area (Å²) in [6.07, 6.45) is 1.10. The number of rotatable bonds is 5. The molecule has 0 radical (unpaired) electrons. The summed E-state index contributed by atoms with van der Waals surface area (Å²) in [5.41, 5.74) is 2.99. The minimum absolute atomic E-state index is 0.0589. The van der Waals surface area contributed by atoms with Crippen molar-refractivity contribution in [3.05, 3.63) is 64.1 Å².